The molecule has 2 rings (SSSR count). The van der Waals surface area contributed by atoms with Crippen molar-refractivity contribution in [3.63, 3.8) is 0 Å². The average Bonchev–Trinajstić information content (AvgIpc) is 2.63. The number of anilines is 1. The maximum atomic E-state index is 12.3. The van der Waals surface area contributed by atoms with Gasteiger partial charge in [-0.2, -0.15) is 5.26 Å². The predicted octanol–water partition coefficient (Wildman–Crippen LogP) is 4.71. The molecule has 0 bridgehead atoms. The minimum Gasteiger partial charge on any atom is -0.360 e. The zero-order valence-corrected chi connectivity index (χ0v) is 15.8. The summed E-state index contributed by atoms with van der Waals surface area (Å²) in [7, 11) is 0. The molecule has 0 aliphatic heterocycles. The van der Waals surface area contributed by atoms with Crippen LogP contribution in [0.3, 0.4) is 0 Å². The molecule has 128 valence electrons. The summed E-state index contributed by atoms with van der Waals surface area (Å²) in [6.07, 6.45) is 2.40. The monoisotopic (exact) mass is 397 g/mol. The predicted molar refractivity (Wildman–Crippen MR) is 104 cm³/mol. The third-order valence-electron chi connectivity index (χ3n) is 3.83. The Morgan fingerprint density at radius 3 is 2.40 bits per heavy atom. The number of hydrogen-bond donors (Lipinski definition) is 2. The molecule has 0 aliphatic carbocycles. The van der Waals surface area contributed by atoms with Crippen molar-refractivity contribution >= 4 is 27.5 Å². The van der Waals surface area contributed by atoms with Gasteiger partial charge in [0.05, 0.1) is 6.04 Å². The second-order valence-corrected chi connectivity index (χ2v) is 6.53. The molecular weight excluding hydrogens is 378 g/mol. The molecule has 1 unspecified atom stereocenters. The van der Waals surface area contributed by atoms with Crippen LogP contribution in [-0.4, -0.2) is 5.91 Å². The number of nitriles is 1. The SMILES string of the molecule is CCc1ccc(C(C)NC(=O)/C(C#N)=C\Nc2ccc(Br)cc2)cc1. The third-order valence-corrected chi connectivity index (χ3v) is 4.36. The van der Waals surface area contributed by atoms with E-state index in [1.165, 1.54) is 11.8 Å². The number of nitrogens with zero attached hydrogens (tertiary/aromatic N) is 1. The second kappa shape index (κ2) is 9.05. The fourth-order valence-corrected chi connectivity index (χ4v) is 2.51. The summed E-state index contributed by atoms with van der Waals surface area (Å²) >= 11 is 3.36. The van der Waals surface area contributed by atoms with E-state index >= 15 is 0 Å². The van der Waals surface area contributed by atoms with E-state index in [2.05, 4.69) is 33.5 Å². The molecule has 1 atom stereocenters. The summed E-state index contributed by atoms with van der Waals surface area (Å²) < 4.78 is 0.961. The van der Waals surface area contributed by atoms with Crippen LogP contribution in [0.15, 0.2) is 64.8 Å². The Balaban J connectivity index is 2.01. The number of carbonyl (C=O) groups is 1. The van der Waals surface area contributed by atoms with Crippen molar-refractivity contribution in [3.8, 4) is 6.07 Å². The van der Waals surface area contributed by atoms with Gasteiger partial charge in [0.2, 0.25) is 0 Å². The molecule has 0 aliphatic rings. The van der Waals surface area contributed by atoms with Crippen LogP contribution in [0.5, 0.6) is 0 Å². The van der Waals surface area contributed by atoms with E-state index in [0.29, 0.717) is 0 Å². The summed E-state index contributed by atoms with van der Waals surface area (Å²) in [5, 5.41) is 15.1. The molecule has 0 aromatic heterocycles. The van der Waals surface area contributed by atoms with Crippen LogP contribution in [-0.2, 0) is 11.2 Å². The minimum absolute atomic E-state index is 0.0277. The molecule has 0 saturated heterocycles. The number of aryl methyl sites for hydroxylation is 1. The molecule has 0 saturated carbocycles. The zero-order valence-electron chi connectivity index (χ0n) is 14.2. The highest BCUT2D eigenvalue weighted by Gasteiger charge is 2.13. The maximum Gasteiger partial charge on any atom is 0.263 e. The van der Waals surface area contributed by atoms with Crippen LogP contribution in [0.1, 0.15) is 31.0 Å². The van der Waals surface area contributed by atoms with Gasteiger partial charge in [0.15, 0.2) is 0 Å². The molecule has 0 radical (unpaired) electrons. The van der Waals surface area contributed by atoms with Gasteiger partial charge in [0, 0.05) is 16.4 Å². The van der Waals surface area contributed by atoms with Crippen molar-refractivity contribution in [2.24, 2.45) is 0 Å². The van der Waals surface area contributed by atoms with Crippen LogP contribution >= 0.6 is 15.9 Å². The highest BCUT2D eigenvalue weighted by Crippen LogP contribution is 2.16. The molecule has 0 fully saturated rings. The number of benzene rings is 2. The first-order chi connectivity index (χ1) is 12.0. The lowest BCUT2D eigenvalue weighted by atomic mass is 10.0. The summed E-state index contributed by atoms with van der Waals surface area (Å²) in [6, 6.07) is 17.3. The molecule has 0 heterocycles. The summed E-state index contributed by atoms with van der Waals surface area (Å²) in [4.78, 5) is 12.3. The van der Waals surface area contributed by atoms with E-state index in [1.807, 2.05) is 61.5 Å². The molecule has 1 amide bonds. The molecule has 5 heteroatoms. The van der Waals surface area contributed by atoms with Crippen LogP contribution < -0.4 is 10.6 Å². The molecular formula is C20H20BrN3O. The zero-order chi connectivity index (χ0) is 18.2. The molecule has 2 aromatic carbocycles. The lowest BCUT2D eigenvalue weighted by Gasteiger charge is -2.14. The summed E-state index contributed by atoms with van der Waals surface area (Å²) in [5.41, 5.74) is 3.08. The van der Waals surface area contributed by atoms with Gasteiger partial charge < -0.3 is 10.6 Å². The number of nitrogens with one attached hydrogen (secondary N) is 2. The van der Waals surface area contributed by atoms with E-state index in [9.17, 15) is 10.1 Å². The minimum atomic E-state index is -0.404. The Morgan fingerprint density at radius 2 is 1.84 bits per heavy atom. The smallest absolute Gasteiger partial charge is 0.263 e. The van der Waals surface area contributed by atoms with Gasteiger partial charge in [-0.3, -0.25) is 4.79 Å². The van der Waals surface area contributed by atoms with E-state index in [4.69, 9.17) is 0 Å². The molecule has 0 spiro atoms. The van der Waals surface area contributed by atoms with Gasteiger partial charge in [0.25, 0.3) is 5.91 Å². The molecule has 4 nitrogen and oxygen atoms in total. The van der Waals surface area contributed by atoms with Crippen molar-refractivity contribution in [2.75, 3.05) is 5.32 Å². The van der Waals surface area contributed by atoms with E-state index in [-0.39, 0.29) is 11.6 Å². The first-order valence-electron chi connectivity index (χ1n) is 8.05. The Bertz CT molecular complexity index is 789. The van der Waals surface area contributed by atoms with Gasteiger partial charge in [-0.05, 0) is 48.7 Å². The third kappa shape index (κ3) is 5.47. The molecule has 25 heavy (non-hydrogen) atoms. The largest absolute Gasteiger partial charge is 0.360 e. The summed E-state index contributed by atoms with van der Waals surface area (Å²) in [6.45, 7) is 4.00. The first-order valence-corrected chi connectivity index (χ1v) is 8.85. The second-order valence-electron chi connectivity index (χ2n) is 5.61. The standard InChI is InChI=1S/C20H20BrN3O/c1-3-15-4-6-16(7-5-15)14(2)24-20(25)17(12-22)13-23-19-10-8-18(21)9-11-19/h4-11,13-14,23H,3H2,1-2H3,(H,24,25)/b17-13-. The van der Waals surface area contributed by atoms with Gasteiger partial charge >= 0.3 is 0 Å². The highest BCUT2D eigenvalue weighted by molar-refractivity contribution is 9.10. The normalized spacial score (nSPS) is 12.2. The number of hydrogen-bond acceptors (Lipinski definition) is 3. The number of carbonyl (C=O) groups excluding carboxylic acids is 1. The molecule has 2 aromatic rings. The van der Waals surface area contributed by atoms with E-state index < -0.39 is 5.91 Å². The van der Waals surface area contributed by atoms with Crippen molar-refractivity contribution < 1.29 is 4.79 Å². The Hall–Kier alpha value is -2.58. The average molecular weight is 398 g/mol. The van der Waals surface area contributed by atoms with Crippen LogP contribution in [0.2, 0.25) is 0 Å². The van der Waals surface area contributed by atoms with Crippen molar-refractivity contribution in [2.45, 2.75) is 26.3 Å². The summed E-state index contributed by atoms with van der Waals surface area (Å²) in [5.74, 6) is -0.404. The fourth-order valence-electron chi connectivity index (χ4n) is 2.25. The Kier molecular flexibility index (Phi) is 6.79. The lowest BCUT2D eigenvalue weighted by Crippen LogP contribution is -2.28. The quantitative estimate of drug-likeness (QED) is 0.547. The van der Waals surface area contributed by atoms with Gasteiger partial charge in [0.1, 0.15) is 11.6 Å². The lowest BCUT2D eigenvalue weighted by molar-refractivity contribution is -0.117. The van der Waals surface area contributed by atoms with Gasteiger partial charge in [-0.25, -0.2) is 0 Å². The Morgan fingerprint density at radius 1 is 1.20 bits per heavy atom. The van der Waals surface area contributed by atoms with E-state index in [0.717, 1.165) is 22.1 Å². The van der Waals surface area contributed by atoms with Crippen LogP contribution in [0, 0.1) is 11.3 Å². The maximum absolute atomic E-state index is 12.3. The fraction of sp³-hybridized carbons (Fsp3) is 0.200. The van der Waals surface area contributed by atoms with E-state index in [1.54, 1.807) is 0 Å². The number of amides is 1. The molecule has 2 N–H and O–H groups in total. The van der Waals surface area contributed by atoms with Gasteiger partial charge in [-0.15, -0.1) is 0 Å². The van der Waals surface area contributed by atoms with Crippen molar-refractivity contribution in [1.82, 2.24) is 5.32 Å². The highest BCUT2D eigenvalue weighted by atomic mass is 79.9. The number of rotatable bonds is 6. The van der Waals surface area contributed by atoms with Crippen LogP contribution in [0.25, 0.3) is 0 Å². The van der Waals surface area contributed by atoms with Crippen LogP contribution in [0.4, 0.5) is 5.69 Å². The van der Waals surface area contributed by atoms with Crippen molar-refractivity contribution in [3.05, 3.63) is 75.9 Å². The van der Waals surface area contributed by atoms with Gasteiger partial charge in [-0.1, -0.05) is 47.1 Å². The first kappa shape index (κ1) is 18.8. The Labute approximate surface area is 156 Å². The number of halogens is 1. The topological polar surface area (TPSA) is 64.9 Å². The van der Waals surface area contributed by atoms with Crippen molar-refractivity contribution in [1.29, 1.82) is 5.26 Å².